The number of amides is 1. The predicted octanol–water partition coefficient (Wildman–Crippen LogP) is 3.83. The van der Waals surface area contributed by atoms with E-state index in [1.54, 1.807) is 6.07 Å². The summed E-state index contributed by atoms with van der Waals surface area (Å²) in [4.78, 5) is 17.1. The lowest BCUT2D eigenvalue weighted by Crippen LogP contribution is -2.48. The van der Waals surface area contributed by atoms with Crippen molar-refractivity contribution in [3.05, 3.63) is 30.1 Å². The van der Waals surface area contributed by atoms with E-state index in [4.69, 9.17) is 0 Å². The zero-order valence-corrected chi connectivity index (χ0v) is 14.0. The van der Waals surface area contributed by atoms with E-state index in [-0.39, 0.29) is 11.7 Å². The first-order valence-electron chi connectivity index (χ1n) is 9.00. The first-order chi connectivity index (χ1) is 11.2. The fourth-order valence-corrected chi connectivity index (χ4v) is 4.03. The zero-order chi connectivity index (χ0) is 16.2. The fraction of sp³-hybridized carbons (Fsp3) is 0.632. The molecule has 0 saturated carbocycles. The van der Waals surface area contributed by atoms with E-state index < -0.39 is 0 Å². The second-order valence-electron chi connectivity index (χ2n) is 6.80. The van der Waals surface area contributed by atoms with Crippen molar-refractivity contribution in [2.24, 2.45) is 5.92 Å². The van der Waals surface area contributed by atoms with Crippen LogP contribution in [-0.4, -0.2) is 36.5 Å². The molecule has 1 amide bonds. The van der Waals surface area contributed by atoms with Crippen molar-refractivity contribution in [2.45, 2.75) is 51.5 Å². The Balaban J connectivity index is 1.60. The van der Waals surface area contributed by atoms with Crippen molar-refractivity contribution in [1.29, 1.82) is 0 Å². The summed E-state index contributed by atoms with van der Waals surface area (Å²) in [5.74, 6) is 0.286. The van der Waals surface area contributed by atoms with E-state index >= 15 is 0 Å². The van der Waals surface area contributed by atoms with Gasteiger partial charge < -0.3 is 9.80 Å². The normalized spacial score (nSPS) is 23.1. The zero-order valence-electron chi connectivity index (χ0n) is 14.0. The average molecular weight is 318 g/mol. The molecule has 1 aromatic carbocycles. The van der Waals surface area contributed by atoms with Gasteiger partial charge in [-0.05, 0) is 50.7 Å². The number of carbonyl (C=O) groups is 1. The molecule has 23 heavy (non-hydrogen) atoms. The molecule has 0 spiro atoms. The van der Waals surface area contributed by atoms with Gasteiger partial charge in [-0.3, -0.25) is 4.79 Å². The highest BCUT2D eigenvalue weighted by molar-refractivity contribution is 5.79. The molecular formula is C19H27FN2O. The van der Waals surface area contributed by atoms with Crippen molar-refractivity contribution in [2.75, 3.05) is 24.5 Å². The number of rotatable bonds is 3. The van der Waals surface area contributed by atoms with E-state index in [1.807, 2.05) is 12.1 Å². The van der Waals surface area contributed by atoms with E-state index in [0.29, 0.717) is 17.6 Å². The number of benzene rings is 1. The molecule has 1 aromatic rings. The Morgan fingerprint density at radius 2 is 1.87 bits per heavy atom. The minimum absolute atomic E-state index is 0.116. The third-order valence-corrected chi connectivity index (χ3v) is 5.42. The topological polar surface area (TPSA) is 23.6 Å². The van der Waals surface area contributed by atoms with Crippen LogP contribution in [0.5, 0.6) is 0 Å². The lowest BCUT2D eigenvalue weighted by atomic mass is 9.91. The second kappa shape index (κ2) is 7.33. The van der Waals surface area contributed by atoms with Crippen molar-refractivity contribution in [1.82, 2.24) is 4.90 Å². The van der Waals surface area contributed by atoms with Crippen LogP contribution in [0, 0.1) is 11.7 Å². The third-order valence-electron chi connectivity index (χ3n) is 5.42. The Labute approximate surface area is 138 Å². The van der Waals surface area contributed by atoms with Crippen molar-refractivity contribution < 1.29 is 9.18 Å². The molecule has 3 rings (SSSR count). The number of halogens is 1. The van der Waals surface area contributed by atoms with E-state index in [2.05, 4.69) is 16.7 Å². The highest BCUT2D eigenvalue weighted by atomic mass is 19.1. The molecule has 2 fully saturated rings. The van der Waals surface area contributed by atoms with Crippen molar-refractivity contribution in [3.8, 4) is 0 Å². The Kier molecular flexibility index (Phi) is 5.19. The molecular weight excluding hydrogens is 291 g/mol. The number of nitrogens with zero attached hydrogens (tertiary/aromatic N) is 2. The van der Waals surface area contributed by atoms with Gasteiger partial charge in [0, 0.05) is 31.6 Å². The molecule has 0 aromatic heterocycles. The molecule has 0 aliphatic carbocycles. The third kappa shape index (κ3) is 3.51. The smallest absolute Gasteiger partial charge is 0.226 e. The molecule has 3 nitrogen and oxygen atoms in total. The number of anilines is 1. The molecule has 0 N–H and O–H groups in total. The molecule has 2 heterocycles. The Bertz CT molecular complexity index is 540. The Hall–Kier alpha value is -1.58. The van der Waals surface area contributed by atoms with Crippen LogP contribution in [0.4, 0.5) is 10.1 Å². The number of carbonyl (C=O) groups excluding carboxylic acids is 1. The monoisotopic (exact) mass is 318 g/mol. The minimum atomic E-state index is -0.167. The standard InChI is InChI=1S/C19H27FN2O/c1-2-16-7-5-6-12-22(16)19(23)15-10-13-21(14-11-15)18-9-4-3-8-17(18)20/h3-4,8-9,15-16H,2,5-7,10-14H2,1H3. The van der Waals surface area contributed by atoms with Gasteiger partial charge in [0.05, 0.1) is 5.69 Å². The average Bonchev–Trinajstić information content (AvgIpc) is 2.61. The summed E-state index contributed by atoms with van der Waals surface area (Å²) in [6.07, 6.45) is 6.25. The summed E-state index contributed by atoms with van der Waals surface area (Å²) in [6.45, 7) is 4.63. The first-order valence-corrected chi connectivity index (χ1v) is 9.00. The van der Waals surface area contributed by atoms with Crippen LogP contribution < -0.4 is 4.90 Å². The van der Waals surface area contributed by atoms with Crippen LogP contribution in [0.3, 0.4) is 0 Å². The summed E-state index contributed by atoms with van der Waals surface area (Å²) in [6, 6.07) is 7.35. The first kappa shape index (κ1) is 16.3. The SMILES string of the molecule is CCC1CCCCN1C(=O)C1CCN(c2ccccc2F)CC1. The molecule has 1 atom stereocenters. The van der Waals surface area contributed by atoms with Gasteiger partial charge in [0.15, 0.2) is 0 Å². The summed E-state index contributed by atoms with van der Waals surface area (Å²) in [5.41, 5.74) is 0.669. The summed E-state index contributed by atoms with van der Waals surface area (Å²) in [7, 11) is 0. The van der Waals surface area contributed by atoms with Crippen LogP contribution in [0.1, 0.15) is 45.4 Å². The Morgan fingerprint density at radius 1 is 1.13 bits per heavy atom. The van der Waals surface area contributed by atoms with Gasteiger partial charge in [0.25, 0.3) is 0 Å². The molecule has 2 aliphatic heterocycles. The molecule has 1 unspecified atom stereocenters. The number of para-hydroxylation sites is 1. The molecule has 0 radical (unpaired) electrons. The predicted molar refractivity (Wildman–Crippen MR) is 91.0 cm³/mol. The highest BCUT2D eigenvalue weighted by Crippen LogP contribution is 2.29. The quantitative estimate of drug-likeness (QED) is 0.845. The number of piperidine rings is 2. The van der Waals surface area contributed by atoms with Gasteiger partial charge in [0.1, 0.15) is 5.82 Å². The van der Waals surface area contributed by atoms with E-state index in [9.17, 15) is 9.18 Å². The van der Waals surface area contributed by atoms with Gasteiger partial charge in [-0.25, -0.2) is 4.39 Å². The lowest BCUT2D eigenvalue weighted by Gasteiger charge is -2.40. The summed E-state index contributed by atoms with van der Waals surface area (Å²) >= 11 is 0. The van der Waals surface area contributed by atoms with Crippen LogP contribution in [0.25, 0.3) is 0 Å². The number of likely N-dealkylation sites (tertiary alicyclic amines) is 1. The lowest BCUT2D eigenvalue weighted by molar-refractivity contribution is -0.140. The van der Waals surface area contributed by atoms with Crippen molar-refractivity contribution in [3.63, 3.8) is 0 Å². The number of hydrogen-bond donors (Lipinski definition) is 0. The fourth-order valence-electron chi connectivity index (χ4n) is 4.03. The maximum atomic E-state index is 13.9. The van der Waals surface area contributed by atoms with Crippen LogP contribution in [-0.2, 0) is 4.79 Å². The molecule has 126 valence electrons. The van der Waals surface area contributed by atoms with Gasteiger partial charge in [-0.1, -0.05) is 19.1 Å². The van der Waals surface area contributed by atoms with Gasteiger partial charge in [-0.2, -0.15) is 0 Å². The Morgan fingerprint density at radius 3 is 2.57 bits per heavy atom. The van der Waals surface area contributed by atoms with Gasteiger partial charge in [0.2, 0.25) is 5.91 Å². The molecule has 4 heteroatoms. The molecule has 2 aliphatic rings. The number of hydrogen-bond acceptors (Lipinski definition) is 2. The summed E-state index contributed by atoms with van der Waals surface area (Å²) in [5, 5.41) is 0. The summed E-state index contributed by atoms with van der Waals surface area (Å²) < 4.78 is 13.9. The van der Waals surface area contributed by atoms with Gasteiger partial charge in [-0.15, -0.1) is 0 Å². The maximum Gasteiger partial charge on any atom is 0.226 e. The molecule has 2 saturated heterocycles. The van der Waals surface area contributed by atoms with Crippen LogP contribution in [0.2, 0.25) is 0 Å². The van der Waals surface area contributed by atoms with Crippen molar-refractivity contribution >= 4 is 11.6 Å². The molecule has 0 bridgehead atoms. The van der Waals surface area contributed by atoms with E-state index in [0.717, 1.165) is 51.7 Å². The largest absolute Gasteiger partial charge is 0.369 e. The highest BCUT2D eigenvalue weighted by Gasteiger charge is 2.33. The minimum Gasteiger partial charge on any atom is -0.369 e. The van der Waals surface area contributed by atoms with Crippen LogP contribution in [0.15, 0.2) is 24.3 Å². The van der Waals surface area contributed by atoms with Gasteiger partial charge >= 0.3 is 0 Å². The second-order valence-corrected chi connectivity index (χ2v) is 6.80. The van der Waals surface area contributed by atoms with Crippen LogP contribution >= 0.6 is 0 Å². The maximum absolute atomic E-state index is 13.9. The van der Waals surface area contributed by atoms with E-state index in [1.165, 1.54) is 12.5 Å².